The van der Waals surface area contributed by atoms with Crippen LogP contribution in [0.25, 0.3) is 11.1 Å². The van der Waals surface area contributed by atoms with Crippen molar-refractivity contribution in [2.24, 2.45) is 0 Å². The summed E-state index contributed by atoms with van der Waals surface area (Å²) >= 11 is 0. The summed E-state index contributed by atoms with van der Waals surface area (Å²) < 4.78 is 5.26. The number of nitrogens with zero attached hydrogens (tertiary/aromatic N) is 2. The van der Waals surface area contributed by atoms with Crippen molar-refractivity contribution in [3.05, 3.63) is 49.8 Å². The molecule has 1 aromatic carbocycles. The van der Waals surface area contributed by atoms with Gasteiger partial charge in [0, 0.05) is 30.4 Å². The van der Waals surface area contributed by atoms with Gasteiger partial charge in [-0.3, -0.25) is 14.9 Å². The summed E-state index contributed by atoms with van der Waals surface area (Å²) in [5, 5.41) is 30.6. The van der Waals surface area contributed by atoms with E-state index in [1.54, 1.807) is 0 Å². The van der Waals surface area contributed by atoms with Crippen LogP contribution in [0.3, 0.4) is 0 Å². The quantitative estimate of drug-likeness (QED) is 0.409. The maximum Gasteiger partial charge on any atom is 0.342 e. The molecule has 12 heteroatoms. The molecule has 0 amide bonds. The van der Waals surface area contributed by atoms with Crippen LogP contribution in [-0.2, 0) is 4.74 Å². The van der Waals surface area contributed by atoms with Crippen LogP contribution < -0.4 is 16.2 Å². The highest BCUT2D eigenvalue weighted by Crippen LogP contribution is 2.38. The predicted octanol–water partition coefficient (Wildman–Crippen LogP) is 0.765. The van der Waals surface area contributed by atoms with Crippen LogP contribution in [0.1, 0.15) is 20.7 Å². The fourth-order valence-electron chi connectivity index (χ4n) is 3.22. The summed E-state index contributed by atoms with van der Waals surface area (Å²) in [6.07, 6.45) is 0. The van der Waals surface area contributed by atoms with E-state index >= 15 is 0 Å². The normalized spacial score (nSPS) is 13.9. The van der Waals surface area contributed by atoms with Gasteiger partial charge in [-0.25, -0.2) is 9.59 Å². The molecule has 1 aromatic heterocycles. The number of pyridine rings is 1. The molecule has 2 aromatic rings. The molecule has 29 heavy (non-hydrogen) atoms. The number of anilines is 2. The van der Waals surface area contributed by atoms with Crippen LogP contribution >= 0.6 is 0 Å². The van der Waals surface area contributed by atoms with Gasteiger partial charge in [0.05, 0.1) is 23.7 Å². The van der Waals surface area contributed by atoms with E-state index in [1.807, 2.05) is 9.88 Å². The van der Waals surface area contributed by atoms with Crippen LogP contribution in [0.2, 0.25) is 0 Å². The lowest BCUT2D eigenvalue weighted by Crippen LogP contribution is -2.36. The molecule has 0 unspecified atom stereocenters. The molecule has 3 rings (SSSR count). The number of nitrogens with two attached hydrogens (primary N) is 1. The van der Waals surface area contributed by atoms with E-state index in [9.17, 15) is 34.7 Å². The van der Waals surface area contributed by atoms with Crippen molar-refractivity contribution >= 4 is 29.1 Å². The third-order valence-corrected chi connectivity index (χ3v) is 4.49. The fourth-order valence-corrected chi connectivity index (χ4v) is 3.22. The third-order valence-electron chi connectivity index (χ3n) is 4.49. The minimum Gasteiger partial charge on any atom is -0.478 e. The number of rotatable bonds is 5. The van der Waals surface area contributed by atoms with Crippen LogP contribution in [0.4, 0.5) is 17.2 Å². The van der Waals surface area contributed by atoms with Crippen molar-refractivity contribution in [2.75, 3.05) is 36.9 Å². The summed E-state index contributed by atoms with van der Waals surface area (Å²) in [4.78, 5) is 50.3. The summed E-state index contributed by atoms with van der Waals surface area (Å²) in [6, 6.07) is 3.88. The number of nitrogens with one attached hydrogen (secondary N) is 1. The van der Waals surface area contributed by atoms with E-state index in [0.29, 0.717) is 32.0 Å². The standard InChI is InChI=1S/C17H16N4O8/c18-14-12(16(23)24)11(13(17(25)26)15(22)19-14)9-7-8(1-2-10(9)21(27)28)20-3-5-29-6-4-20/h1-2,7H,3-6H2,(H,23,24)(H,25,26)(H3,18,19,22). The van der Waals surface area contributed by atoms with E-state index in [1.165, 1.54) is 12.1 Å². The molecular weight excluding hydrogens is 388 g/mol. The highest BCUT2D eigenvalue weighted by Gasteiger charge is 2.31. The molecule has 1 saturated heterocycles. The molecule has 0 radical (unpaired) electrons. The average Bonchev–Trinajstić information content (AvgIpc) is 2.66. The first-order chi connectivity index (χ1) is 13.7. The maximum atomic E-state index is 12.2. The smallest absolute Gasteiger partial charge is 0.342 e. The number of carboxylic acids is 2. The Hall–Kier alpha value is -3.93. The molecule has 2 heterocycles. The van der Waals surface area contributed by atoms with E-state index in [0.717, 1.165) is 6.07 Å². The van der Waals surface area contributed by atoms with Crippen LogP contribution in [-0.4, -0.2) is 58.4 Å². The highest BCUT2D eigenvalue weighted by molar-refractivity contribution is 6.08. The van der Waals surface area contributed by atoms with Crippen molar-refractivity contribution in [1.82, 2.24) is 4.98 Å². The average molecular weight is 404 g/mol. The minimum absolute atomic E-state index is 0.327. The number of hydrogen-bond acceptors (Lipinski definition) is 8. The lowest BCUT2D eigenvalue weighted by atomic mass is 9.93. The molecule has 1 aliphatic rings. The highest BCUT2D eigenvalue weighted by atomic mass is 16.6. The molecular formula is C17H16N4O8. The topological polar surface area (TPSA) is 189 Å². The second-order valence-electron chi connectivity index (χ2n) is 6.16. The van der Waals surface area contributed by atoms with E-state index in [4.69, 9.17) is 10.5 Å². The SMILES string of the molecule is Nc1[nH]c(=O)c(C(=O)O)c(-c2cc(N3CCOCC3)ccc2[N+](=O)[O-])c1C(=O)O. The number of nitro benzene ring substituents is 1. The third kappa shape index (κ3) is 3.60. The number of morpholine rings is 1. The molecule has 0 aliphatic carbocycles. The number of carbonyl (C=O) groups is 2. The number of ether oxygens (including phenoxy) is 1. The Morgan fingerprint density at radius 3 is 2.34 bits per heavy atom. The summed E-state index contributed by atoms with van der Waals surface area (Å²) in [5.74, 6) is -3.98. The Balaban J connectivity index is 2.39. The van der Waals surface area contributed by atoms with Crippen molar-refractivity contribution in [2.45, 2.75) is 0 Å². The van der Waals surface area contributed by atoms with Gasteiger partial charge in [0.2, 0.25) is 0 Å². The Bertz CT molecular complexity index is 1070. The van der Waals surface area contributed by atoms with Gasteiger partial charge in [0.15, 0.2) is 0 Å². The summed E-state index contributed by atoms with van der Waals surface area (Å²) in [5.41, 5.74) is 1.75. The second-order valence-corrected chi connectivity index (χ2v) is 6.16. The number of aromatic carboxylic acids is 2. The molecule has 1 aliphatic heterocycles. The molecule has 0 bridgehead atoms. The van der Waals surface area contributed by atoms with Gasteiger partial charge in [0.1, 0.15) is 16.9 Å². The molecule has 152 valence electrons. The van der Waals surface area contributed by atoms with E-state index in [2.05, 4.69) is 0 Å². The van der Waals surface area contributed by atoms with Gasteiger partial charge >= 0.3 is 11.9 Å². The van der Waals surface area contributed by atoms with E-state index < -0.39 is 50.6 Å². The number of aromatic nitrogens is 1. The fraction of sp³-hybridized carbons (Fsp3) is 0.235. The molecule has 12 nitrogen and oxygen atoms in total. The number of hydrogen-bond donors (Lipinski definition) is 4. The van der Waals surface area contributed by atoms with Crippen molar-refractivity contribution in [1.29, 1.82) is 0 Å². The Morgan fingerprint density at radius 2 is 1.79 bits per heavy atom. The Labute approximate surface area is 162 Å². The zero-order valence-corrected chi connectivity index (χ0v) is 14.9. The first-order valence-electron chi connectivity index (χ1n) is 8.36. The van der Waals surface area contributed by atoms with Crippen LogP contribution in [0.5, 0.6) is 0 Å². The van der Waals surface area contributed by atoms with Gasteiger partial charge in [-0.1, -0.05) is 0 Å². The van der Waals surface area contributed by atoms with Crippen LogP contribution in [0, 0.1) is 10.1 Å². The number of H-pyrrole nitrogens is 1. The van der Waals surface area contributed by atoms with Gasteiger partial charge in [0.25, 0.3) is 11.2 Å². The van der Waals surface area contributed by atoms with Gasteiger partial charge < -0.3 is 30.6 Å². The van der Waals surface area contributed by atoms with E-state index in [-0.39, 0.29) is 5.56 Å². The maximum absolute atomic E-state index is 12.2. The van der Waals surface area contributed by atoms with Gasteiger partial charge in [-0.2, -0.15) is 0 Å². The molecule has 0 saturated carbocycles. The summed E-state index contributed by atoms with van der Waals surface area (Å²) in [7, 11) is 0. The van der Waals surface area contributed by atoms with Gasteiger partial charge in [-0.05, 0) is 12.1 Å². The summed E-state index contributed by atoms with van der Waals surface area (Å²) in [6.45, 7) is 1.80. The molecule has 0 spiro atoms. The number of benzene rings is 1. The lowest BCUT2D eigenvalue weighted by molar-refractivity contribution is -0.384. The first kappa shape index (κ1) is 19.8. The van der Waals surface area contributed by atoms with Crippen LogP contribution in [0.15, 0.2) is 23.0 Å². The first-order valence-corrected chi connectivity index (χ1v) is 8.36. The Morgan fingerprint density at radius 1 is 1.17 bits per heavy atom. The van der Waals surface area contributed by atoms with Crippen molar-refractivity contribution < 1.29 is 29.5 Å². The predicted molar refractivity (Wildman–Crippen MR) is 101 cm³/mol. The minimum atomic E-state index is -1.74. The number of aromatic amines is 1. The van der Waals surface area contributed by atoms with Gasteiger partial charge in [-0.15, -0.1) is 0 Å². The largest absolute Gasteiger partial charge is 0.478 e. The number of nitro groups is 1. The zero-order chi connectivity index (χ0) is 21.3. The molecule has 1 fully saturated rings. The molecule has 5 N–H and O–H groups in total. The van der Waals surface area contributed by atoms with Crippen molar-refractivity contribution in [3.8, 4) is 11.1 Å². The molecule has 0 atom stereocenters. The zero-order valence-electron chi connectivity index (χ0n) is 14.9. The Kier molecular flexibility index (Phi) is 5.19. The number of carboxylic acid groups (broad SMARTS) is 2. The monoisotopic (exact) mass is 404 g/mol. The lowest BCUT2D eigenvalue weighted by Gasteiger charge is -2.29. The van der Waals surface area contributed by atoms with Crippen molar-refractivity contribution in [3.63, 3.8) is 0 Å². The second kappa shape index (κ2) is 7.59. The number of nitrogen functional groups attached to an aromatic ring is 1.